The molecule has 0 bridgehead atoms. The Morgan fingerprint density at radius 3 is 2.76 bits per heavy atom. The van der Waals surface area contributed by atoms with Crippen LogP contribution in [0.3, 0.4) is 0 Å². The van der Waals surface area contributed by atoms with Gasteiger partial charge in [0.1, 0.15) is 5.82 Å². The molecule has 94 valence electrons. The van der Waals surface area contributed by atoms with Crippen LogP contribution in [0.2, 0.25) is 10.0 Å². The minimum atomic E-state index is -0.519. The largest absolute Gasteiger partial charge is 0.370 e. The fraction of sp³-hybridized carbons (Fsp3) is 0.364. The first kappa shape index (κ1) is 14.2. The van der Waals surface area contributed by atoms with Crippen molar-refractivity contribution < 1.29 is 9.18 Å². The van der Waals surface area contributed by atoms with E-state index in [1.807, 2.05) is 0 Å². The van der Waals surface area contributed by atoms with Crippen LogP contribution in [0.25, 0.3) is 0 Å². The normalized spacial score (nSPS) is 12.5. The van der Waals surface area contributed by atoms with E-state index in [2.05, 4.69) is 5.32 Å². The molecule has 3 N–H and O–H groups in total. The lowest BCUT2D eigenvalue weighted by Gasteiger charge is -2.17. The first-order valence-corrected chi connectivity index (χ1v) is 5.84. The summed E-state index contributed by atoms with van der Waals surface area (Å²) in [6.07, 6.45) is 0.203. The van der Waals surface area contributed by atoms with Gasteiger partial charge >= 0.3 is 0 Å². The summed E-state index contributed by atoms with van der Waals surface area (Å²) in [6, 6.07) is 2.40. The number of amides is 1. The van der Waals surface area contributed by atoms with E-state index in [1.165, 1.54) is 12.1 Å². The summed E-state index contributed by atoms with van der Waals surface area (Å²) in [7, 11) is 0. The van der Waals surface area contributed by atoms with Crippen LogP contribution >= 0.6 is 23.2 Å². The molecule has 1 aromatic carbocycles. The van der Waals surface area contributed by atoms with Crippen LogP contribution in [-0.4, -0.2) is 12.5 Å². The van der Waals surface area contributed by atoms with Gasteiger partial charge in [-0.15, -0.1) is 0 Å². The third kappa shape index (κ3) is 3.84. The highest BCUT2D eigenvalue weighted by Gasteiger charge is 2.16. The number of halogens is 3. The summed E-state index contributed by atoms with van der Waals surface area (Å²) in [6.45, 7) is 2.17. The highest BCUT2D eigenvalue weighted by atomic mass is 35.5. The number of rotatable bonds is 5. The molecule has 0 heterocycles. The monoisotopic (exact) mass is 278 g/mol. The van der Waals surface area contributed by atoms with Gasteiger partial charge in [0.25, 0.3) is 0 Å². The number of benzene rings is 1. The lowest BCUT2D eigenvalue weighted by Crippen LogP contribution is -2.25. The van der Waals surface area contributed by atoms with E-state index in [1.54, 1.807) is 6.92 Å². The SMILES string of the molecule is CC(NCCC(N)=O)c1c(Cl)ccc(F)c1Cl. The highest BCUT2D eigenvalue weighted by Crippen LogP contribution is 2.32. The average molecular weight is 279 g/mol. The molecule has 0 saturated carbocycles. The zero-order valence-electron chi connectivity index (χ0n) is 9.27. The Kier molecular flexibility index (Phi) is 5.18. The molecule has 0 radical (unpaired) electrons. The summed E-state index contributed by atoms with van der Waals surface area (Å²) < 4.78 is 13.3. The molecular formula is C11H13Cl2FN2O. The van der Waals surface area contributed by atoms with Gasteiger partial charge in [-0.3, -0.25) is 4.79 Å². The smallest absolute Gasteiger partial charge is 0.218 e. The van der Waals surface area contributed by atoms with Crippen molar-refractivity contribution in [1.82, 2.24) is 5.32 Å². The van der Waals surface area contributed by atoms with Gasteiger partial charge in [0, 0.05) is 29.6 Å². The van der Waals surface area contributed by atoms with E-state index in [0.717, 1.165) is 0 Å². The Balaban J connectivity index is 2.78. The second-order valence-electron chi connectivity index (χ2n) is 3.65. The van der Waals surface area contributed by atoms with E-state index < -0.39 is 11.7 Å². The summed E-state index contributed by atoms with van der Waals surface area (Å²) in [5, 5.41) is 3.38. The molecule has 1 atom stereocenters. The molecule has 6 heteroatoms. The Labute approximate surface area is 109 Å². The van der Waals surface area contributed by atoms with Crippen molar-refractivity contribution in [2.75, 3.05) is 6.54 Å². The summed E-state index contributed by atoms with van der Waals surface area (Å²) in [5.74, 6) is -0.921. The lowest BCUT2D eigenvalue weighted by atomic mass is 10.1. The minimum absolute atomic E-state index is 0.00317. The quantitative estimate of drug-likeness (QED) is 0.814. The molecule has 0 spiro atoms. The predicted molar refractivity (Wildman–Crippen MR) is 66.6 cm³/mol. The van der Waals surface area contributed by atoms with Gasteiger partial charge in [-0.25, -0.2) is 4.39 Å². The molecule has 0 aliphatic heterocycles. The third-order valence-electron chi connectivity index (χ3n) is 2.33. The van der Waals surface area contributed by atoms with E-state index in [9.17, 15) is 9.18 Å². The Hall–Kier alpha value is -0.840. The standard InChI is InChI=1S/C11H13Cl2FN2O/c1-6(16-5-4-9(15)17)10-7(12)2-3-8(14)11(10)13/h2-3,6,16H,4-5H2,1H3,(H2,15,17). The molecule has 0 fully saturated rings. The van der Waals surface area contributed by atoms with Gasteiger partial charge in [0.15, 0.2) is 0 Å². The first-order valence-electron chi connectivity index (χ1n) is 5.08. The first-order chi connectivity index (χ1) is 7.93. The Morgan fingerprint density at radius 2 is 2.18 bits per heavy atom. The maximum atomic E-state index is 13.3. The number of hydrogen-bond donors (Lipinski definition) is 2. The molecule has 1 aromatic rings. The van der Waals surface area contributed by atoms with Crippen molar-refractivity contribution in [2.45, 2.75) is 19.4 Å². The second-order valence-corrected chi connectivity index (χ2v) is 4.43. The van der Waals surface area contributed by atoms with Crippen molar-refractivity contribution >= 4 is 29.1 Å². The van der Waals surface area contributed by atoms with E-state index in [0.29, 0.717) is 17.1 Å². The van der Waals surface area contributed by atoms with Crippen LogP contribution in [0.1, 0.15) is 24.9 Å². The summed E-state index contributed by atoms with van der Waals surface area (Å²) in [5.41, 5.74) is 5.49. The minimum Gasteiger partial charge on any atom is -0.370 e. The van der Waals surface area contributed by atoms with Gasteiger partial charge in [-0.05, 0) is 19.1 Å². The van der Waals surface area contributed by atoms with Gasteiger partial charge in [0.05, 0.1) is 5.02 Å². The molecule has 17 heavy (non-hydrogen) atoms. The van der Waals surface area contributed by atoms with Crippen molar-refractivity contribution in [3.63, 3.8) is 0 Å². The molecule has 1 amide bonds. The highest BCUT2D eigenvalue weighted by molar-refractivity contribution is 6.36. The maximum absolute atomic E-state index is 13.3. The van der Waals surface area contributed by atoms with Crippen molar-refractivity contribution in [1.29, 1.82) is 0 Å². The molecule has 0 aromatic heterocycles. The molecular weight excluding hydrogens is 266 g/mol. The van der Waals surface area contributed by atoms with Gasteiger partial charge in [0.2, 0.25) is 5.91 Å². The number of carbonyl (C=O) groups is 1. The van der Waals surface area contributed by atoms with Crippen molar-refractivity contribution in [2.24, 2.45) is 5.73 Å². The van der Waals surface area contributed by atoms with Crippen molar-refractivity contribution in [3.8, 4) is 0 Å². The third-order valence-corrected chi connectivity index (χ3v) is 3.05. The molecule has 0 aliphatic rings. The zero-order chi connectivity index (χ0) is 13.0. The number of nitrogens with one attached hydrogen (secondary N) is 1. The van der Waals surface area contributed by atoms with Gasteiger partial charge in [-0.1, -0.05) is 23.2 Å². The topological polar surface area (TPSA) is 55.1 Å². The fourth-order valence-electron chi connectivity index (χ4n) is 1.45. The van der Waals surface area contributed by atoms with Crippen LogP contribution < -0.4 is 11.1 Å². The predicted octanol–water partition coefficient (Wildman–Crippen LogP) is 2.66. The van der Waals surface area contributed by atoms with E-state index in [4.69, 9.17) is 28.9 Å². The van der Waals surface area contributed by atoms with Crippen LogP contribution in [0.5, 0.6) is 0 Å². The molecule has 1 unspecified atom stereocenters. The number of hydrogen-bond acceptors (Lipinski definition) is 2. The van der Waals surface area contributed by atoms with Crippen LogP contribution in [0.4, 0.5) is 4.39 Å². The number of primary amides is 1. The van der Waals surface area contributed by atoms with E-state index in [-0.39, 0.29) is 17.5 Å². The van der Waals surface area contributed by atoms with E-state index >= 15 is 0 Å². The summed E-state index contributed by atoms with van der Waals surface area (Å²) >= 11 is 11.8. The van der Waals surface area contributed by atoms with Crippen LogP contribution in [-0.2, 0) is 4.79 Å². The Morgan fingerprint density at radius 1 is 1.53 bits per heavy atom. The fourth-order valence-corrected chi connectivity index (χ4v) is 2.15. The van der Waals surface area contributed by atoms with Gasteiger partial charge < -0.3 is 11.1 Å². The van der Waals surface area contributed by atoms with Crippen LogP contribution in [0, 0.1) is 5.82 Å². The molecule has 3 nitrogen and oxygen atoms in total. The second kappa shape index (κ2) is 6.19. The average Bonchev–Trinajstić information content (AvgIpc) is 2.23. The zero-order valence-corrected chi connectivity index (χ0v) is 10.8. The molecule has 1 rings (SSSR count). The molecule has 0 saturated heterocycles. The summed E-state index contributed by atoms with van der Waals surface area (Å²) in [4.78, 5) is 10.6. The number of nitrogens with two attached hydrogens (primary N) is 1. The van der Waals surface area contributed by atoms with Crippen LogP contribution in [0.15, 0.2) is 12.1 Å². The van der Waals surface area contributed by atoms with Crippen molar-refractivity contribution in [3.05, 3.63) is 33.6 Å². The number of carbonyl (C=O) groups excluding carboxylic acids is 1. The molecule has 0 aliphatic carbocycles. The lowest BCUT2D eigenvalue weighted by molar-refractivity contribution is -0.117. The van der Waals surface area contributed by atoms with Gasteiger partial charge in [-0.2, -0.15) is 0 Å². The Bertz CT molecular complexity index is 426. The maximum Gasteiger partial charge on any atom is 0.218 e.